The highest BCUT2D eigenvalue weighted by atomic mass is 32.2. The number of aryl methyl sites for hydroxylation is 2. The van der Waals surface area contributed by atoms with Crippen LogP contribution in [0.5, 0.6) is 11.5 Å². The maximum atomic E-state index is 13.6. The molecule has 1 atom stereocenters. The first-order valence-corrected chi connectivity index (χ1v) is 12.5. The number of rotatable bonds is 7. The van der Waals surface area contributed by atoms with Crippen LogP contribution in [0, 0.1) is 13.8 Å². The molecule has 34 heavy (non-hydrogen) atoms. The topological polar surface area (TPSA) is 84.9 Å². The van der Waals surface area contributed by atoms with E-state index in [0.29, 0.717) is 30.4 Å². The van der Waals surface area contributed by atoms with Gasteiger partial charge in [0.15, 0.2) is 11.5 Å². The van der Waals surface area contributed by atoms with Gasteiger partial charge in [-0.15, -0.1) is 0 Å². The van der Waals surface area contributed by atoms with Crippen molar-refractivity contribution in [1.29, 1.82) is 0 Å². The van der Waals surface area contributed by atoms with Crippen LogP contribution in [0.2, 0.25) is 0 Å². The fourth-order valence-corrected chi connectivity index (χ4v) is 5.34. The predicted octanol–water partition coefficient (Wildman–Crippen LogP) is 4.15. The summed E-state index contributed by atoms with van der Waals surface area (Å²) < 4.78 is 39.5. The van der Waals surface area contributed by atoms with Crippen LogP contribution in [0.15, 0.2) is 71.6 Å². The highest BCUT2D eigenvalue weighted by Crippen LogP contribution is 2.33. The molecule has 1 heterocycles. The second-order valence-electron chi connectivity index (χ2n) is 8.31. The molecule has 7 nitrogen and oxygen atoms in total. The van der Waals surface area contributed by atoms with E-state index in [2.05, 4.69) is 5.32 Å². The second-order valence-corrected chi connectivity index (χ2v) is 10.2. The number of anilines is 1. The minimum atomic E-state index is -3.96. The lowest BCUT2D eigenvalue weighted by molar-refractivity contribution is -0.120. The zero-order valence-electron chi connectivity index (χ0n) is 19.4. The van der Waals surface area contributed by atoms with Crippen molar-refractivity contribution < 1.29 is 22.7 Å². The first-order valence-electron chi connectivity index (χ1n) is 11.1. The summed E-state index contributed by atoms with van der Waals surface area (Å²) in [5, 5.41) is 2.92. The van der Waals surface area contributed by atoms with E-state index < -0.39 is 15.9 Å². The van der Waals surface area contributed by atoms with E-state index in [4.69, 9.17) is 9.47 Å². The van der Waals surface area contributed by atoms with Gasteiger partial charge in [-0.05, 0) is 67.8 Å². The van der Waals surface area contributed by atoms with Gasteiger partial charge in [-0.2, -0.15) is 0 Å². The van der Waals surface area contributed by atoms with Crippen molar-refractivity contribution in [1.82, 2.24) is 5.32 Å². The number of hydrogen-bond donors (Lipinski definition) is 1. The summed E-state index contributed by atoms with van der Waals surface area (Å²) in [5.41, 5.74) is 2.98. The molecule has 4 rings (SSSR count). The van der Waals surface area contributed by atoms with Crippen molar-refractivity contribution in [2.24, 2.45) is 0 Å². The fourth-order valence-electron chi connectivity index (χ4n) is 3.84. The smallest absolute Gasteiger partial charge is 0.264 e. The van der Waals surface area contributed by atoms with E-state index in [1.54, 1.807) is 24.3 Å². The number of sulfonamides is 1. The van der Waals surface area contributed by atoms with Crippen molar-refractivity contribution in [2.75, 3.05) is 24.1 Å². The van der Waals surface area contributed by atoms with E-state index in [-0.39, 0.29) is 17.5 Å². The van der Waals surface area contributed by atoms with Gasteiger partial charge in [-0.1, -0.05) is 36.4 Å². The molecule has 0 aliphatic carbocycles. The molecule has 0 radical (unpaired) electrons. The van der Waals surface area contributed by atoms with Crippen LogP contribution in [0.3, 0.4) is 0 Å². The Hall–Kier alpha value is -3.52. The van der Waals surface area contributed by atoms with Crippen molar-refractivity contribution >= 4 is 21.6 Å². The normalized spacial score (nSPS) is 13.7. The molecular weight excluding hydrogens is 452 g/mol. The van der Waals surface area contributed by atoms with Crippen molar-refractivity contribution in [3.63, 3.8) is 0 Å². The van der Waals surface area contributed by atoms with Crippen LogP contribution in [-0.2, 0) is 14.8 Å². The number of ether oxygens (including phenoxy) is 2. The third-order valence-electron chi connectivity index (χ3n) is 5.70. The minimum absolute atomic E-state index is 0.128. The van der Waals surface area contributed by atoms with Gasteiger partial charge in [0.25, 0.3) is 10.0 Å². The fraction of sp³-hybridized carbons (Fsp3) is 0.269. The van der Waals surface area contributed by atoms with Crippen LogP contribution < -0.4 is 19.1 Å². The summed E-state index contributed by atoms with van der Waals surface area (Å²) in [4.78, 5) is 13.2. The monoisotopic (exact) mass is 480 g/mol. The molecule has 3 aromatic rings. The Balaban J connectivity index is 1.60. The zero-order chi connectivity index (χ0) is 24.3. The van der Waals surface area contributed by atoms with Crippen LogP contribution in [0.25, 0.3) is 0 Å². The maximum absolute atomic E-state index is 13.6. The van der Waals surface area contributed by atoms with Crippen molar-refractivity contribution in [3.8, 4) is 11.5 Å². The molecule has 0 fully saturated rings. The third-order valence-corrected chi connectivity index (χ3v) is 7.47. The molecule has 0 aromatic heterocycles. The Kier molecular flexibility index (Phi) is 6.79. The molecular formula is C26H28N2O5S. The molecule has 0 saturated carbocycles. The van der Waals surface area contributed by atoms with Crippen LogP contribution in [0.1, 0.15) is 29.7 Å². The first kappa shape index (κ1) is 23.6. The number of hydrogen-bond acceptors (Lipinski definition) is 5. The number of fused-ring (bicyclic) bond motifs is 1. The Labute approximate surface area is 200 Å². The van der Waals surface area contributed by atoms with E-state index in [1.807, 2.05) is 51.1 Å². The average Bonchev–Trinajstić information content (AvgIpc) is 2.84. The summed E-state index contributed by atoms with van der Waals surface area (Å²) >= 11 is 0. The molecule has 8 heteroatoms. The molecule has 1 aliphatic heterocycles. The Morgan fingerprint density at radius 2 is 1.68 bits per heavy atom. The third kappa shape index (κ3) is 5.02. The zero-order valence-corrected chi connectivity index (χ0v) is 20.3. The molecule has 0 bridgehead atoms. The standard InChI is InChI=1S/C26H28N2O5S/c1-18-9-10-19(2)23(15-18)28(34(30,31)22-7-5-4-6-8-22)17-26(29)27-20(3)21-11-12-24-25(16-21)33-14-13-32-24/h4-12,15-16,20H,13-14,17H2,1-3H3,(H,27,29)/t20-/m1/s1. The molecule has 0 unspecified atom stereocenters. The van der Waals surface area contributed by atoms with E-state index in [1.165, 1.54) is 16.4 Å². The quantitative estimate of drug-likeness (QED) is 0.549. The molecule has 3 aromatic carbocycles. The molecule has 1 N–H and O–H groups in total. The van der Waals surface area contributed by atoms with Crippen molar-refractivity contribution in [2.45, 2.75) is 31.7 Å². The van der Waals surface area contributed by atoms with Crippen molar-refractivity contribution in [3.05, 3.63) is 83.4 Å². The number of carbonyl (C=O) groups excluding carboxylic acids is 1. The summed E-state index contributed by atoms with van der Waals surface area (Å²) in [5.74, 6) is 0.889. The number of nitrogens with one attached hydrogen (secondary N) is 1. The lowest BCUT2D eigenvalue weighted by Crippen LogP contribution is -2.42. The maximum Gasteiger partial charge on any atom is 0.264 e. The van der Waals surface area contributed by atoms with Gasteiger partial charge in [0, 0.05) is 0 Å². The first-order chi connectivity index (χ1) is 16.3. The van der Waals surface area contributed by atoms with Gasteiger partial charge in [-0.25, -0.2) is 8.42 Å². The Morgan fingerprint density at radius 3 is 2.41 bits per heavy atom. The number of carbonyl (C=O) groups is 1. The molecule has 1 amide bonds. The van der Waals surface area contributed by atoms with Gasteiger partial charge < -0.3 is 14.8 Å². The summed E-state index contributed by atoms with van der Waals surface area (Å²) in [6.45, 7) is 6.19. The number of nitrogens with zero attached hydrogens (tertiary/aromatic N) is 1. The molecule has 178 valence electrons. The Bertz CT molecular complexity index is 1290. The average molecular weight is 481 g/mol. The number of benzene rings is 3. The van der Waals surface area contributed by atoms with E-state index in [9.17, 15) is 13.2 Å². The molecule has 1 aliphatic rings. The molecule has 0 spiro atoms. The van der Waals surface area contributed by atoms with Crippen LogP contribution >= 0.6 is 0 Å². The van der Waals surface area contributed by atoms with Crippen LogP contribution in [-0.4, -0.2) is 34.1 Å². The summed E-state index contributed by atoms with van der Waals surface area (Å²) in [6.07, 6.45) is 0. The van der Waals surface area contributed by atoms with E-state index in [0.717, 1.165) is 16.7 Å². The van der Waals surface area contributed by atoms with Gasteiger partial charge in [-0.3, -0.25) is 9.10 Å². The highest BCUT2D eigenvalue weighted by molar-refractivity contribution is 7.92. The number of amides is 1. The lowest BCUT2D eigenvalue weighted by atomic mass is 10.1. The lowest BCUT2D eigenvalue weighted by Gasteiger charge is -2.27. The summed E-state index contributed by atoms with van der Waals surface area (Å²) in [7, 11) is -3.96. The summed E-state index contributed by atoms with van der Waals surface area (Å²) in [6, 6.07) is 18.9. The molecule has 0 saturated heterocycles. The Morgan fingerprint density at radius 1 is 0.971 bits per heavy atom. The van der Waals surface area contributed by atoms with Crippen LogP contribution in [0.4, 0.5) is 5.69 Å². The minimum Gasteiger partial charge on any atom is -0.486 e. The second kappa shape index (κ2) is 9.77. The van der Waals surface area contributed by atoms with Gasteiger partial charge in [0.1, 0.15) is 19.8 Å². The van der Waals surface area contributed by atoms with E-state index >= 15 is 0 Å². The highest BCUT2D eigenvalue weighted by Gasteiger charge is 2.29. The predicted molar refractivity (Wildman–Crippen MR) is 131 cm³/mol. The van der Waals surface area contributed by atoms with Gasteiger partial charge in [0.2, 0.25) is 5.91 Å². The SMILES string of the molecule is Cc1ccc(C)c(N(CC(=O)N[C@H](C)c2ccc3c(c2)OCCO3)S(=O)(=O)c2ccccc2)c1. The largest absolute Gasteiger partial charge is 0.486 e. The van der Waals surface area contributed by atoms with Gasteiger partial charge >= 0.3 is 0 Å². The van der Waals surface area contributed by atoms with Gasteiger partial charge in [0.05, 0.1) is 16.6 Å².